The van der Waals surface area contributed by atoms with Crippen molar-refractivity contribution >= 4 is 27.3 Å². The van der Waals surface area contributed by atoms with Crippen LogP contribution in [0.2, 0.25) is 0 Å². The lowest BCUT2D eigenvalue weighted by Gasteiger charge is -2.37. The van der Waals surface area contributed by atoms with Crippen molar-refractivity contribution in [3.8, 4) is 0 Å². The van der Waals surface area contributed by atoms with Gasteiger partial charge < -0.3 is 4.90 Å². The summed E-state index contributed by atoms with van der Waals surface area (Å²) in [5, 5.41) is 2.08. The minimum atomic E-state index is -3.82. The normalized spacial score (nSPS) is 16.2. The average molecular weight is 539 g/mol. The number of rotatable bonds is 8. The van der Waals surface area contributed by atoms with Gasteiger partial charge >= 0.3 is 0 Å². The molecule has 1 aliphatic rings. The Hall–Kier alpha value is -2.48. The molecular formula is C30H38N2O3S2. The van der Waals surface area contributed by atoms with Crippen molar-refractivity contribution in [2.24, 2.45) is 0 Å². The van der Waals surface area contributed by atoms with E-state index in [1.165, 1.54) is 9.18 Å². The molecule has 1 aliphatic heterocycles. The number of carbonyl (C=O) groups excluding carboxylic acids is 1. The molecule has 0 N–H and O–H groups in total. The fourth-order valence-electron chi connectivity index (χ4n) is 4.83. The van der Waals surface area contributed by atoms with Gasteiger partial charge in [-0.15, -0.1) is 11.3 Å². The van der Waals surface area contributed by atoms with Crippen LogP contribution in [0.1, 0.15) is 73.7 Å². The Kier molecular flexibility index (Phi) is 8.26. The van der Waals surface area contributed by atoms with Gasteiger partial charge in [0.25, 0.3) is 0 Å². The SMILES string of the molecule is CCCCN(CC(=O)N1CCc2sccc2C1c1ccc(C)cc1)S(=O)(=O)c1ccc(C(C)(C)C)cc1. The largest absolute Gasteiger partial charge is 0.330 e. The van der Waals surface area contributed by atoms with Gasteiger partial charge in [-0.1, -0.05) is 76.1 Å². The molecule has 0 bridgehead atoms. The lowest BCUT2D eigenvalue weighted by atomic mass is 9.87. The fraction of sp³-hybridized carbons (Fsp3) is 0.433. The number of fused-ring (bicyclic) bond motifs is 1. The maximum Gasteiger partial charge on any atom is 0.243 e. The number of aryl methyl sites for hydroxylation is 1. The summed E-state index contributed by atoms with van der Waals surface area (Å²) >= 11 is 1.73. The molecule has 1 unspecified atom stereocenters. The number of sulfonamides is 1. The first-order valence-electron chi connectivity index (χ1n) is 13.1. The van der Waals surface area contributed by atoms with Gasteiger partial charge in [-0.25, -0.2) is 8.42 Å². The third kappa shape index (κ3) is 6.00. The van der Waals surface area contributed by atoms with Gasteiger partial charge in [-0.05, 0) is 65.4 Å². The lowest BCUT2D eigenvalue weighted by Crippen LogP contribution is -2.47. The molecule has 37 heavy (non-hydrogen) atoms. The third-order valence-corrected chi connectivity index (χ3v) is 9.97. The van der Waals surface area contributed by atoms with Crippen molar-refractivity contribution in [2.75, 3.05) is 19.6 Å². The molecule has 5 nitrogen and oxygen atoms in total. The van der Waals surface area contributed by atoms with Crippen molar-refractivity contribution in [3.05, 3.63) is 87.1 Å². The summed E-state index contributed by atoms with van der Waals surface area (Å²) < 4.78 is 28.8. The van der Waals surface area contributed by atoms with Crippen molar-refractivity contribution < 1.29 is 13.2 Å². The Morgan fingerprint density at radius 3 is 2.35 bits per heavy atom. The van der Waals surface area contributed by atoms with Gasteiger partial charge in [0.05, 0.1) is 17.5 Å². The molecule has 4 rings (SSSR count). The van der Waals surface area contributed by atoms with Gasteiger partial charge in [0.15, 0.2) is 0 Å². The zero-order chi connectivity index (χ0) is 26.8. The number of amides is 1. The predicted molar refractivity (Wildman–Crippen MR) is 152 cm³/mol. The molecule has 2 aromatic carbocycles. The Bertz CT molecular complexity index is 1320. The quantitative estimate of drug-likeness (QED) is 0.337. The zero-order valence-corrected chi connectivity index (χ0v) is 24.2. The molecule has 0 saturated heterocycles. The highest BCUT2D eigenvalue weighted by Gasteiger charge is 2.35. The predicted octanol–water partition coefficient (Wildman–Crippen LogP) is 6.32. The molecule has 1 amide bonds. The summed E-state index contributed by atoms with van der Waals surface area (Å²) in [7, 11) is -3.82. The number of carbonyl (C=O) groups is 1. The van der Waals surface area contributed by atoms with Crippen molar-refractivity contribution in [1.82, 2.24) is 9.21 Å². The molecule has 0 saturated carbocycles. The smallest absolute Gasteiger partial charge is 0.243 e. The minimum absolute atomic E-state index is 0.0695. The van der Waals surface area contributed by atoms with E-state index in [9.17, 15) is 13.2 Å². The molecule has 3 aromatic rings. The van der Waals surface area contributed by atoms with Crippen LogP contribution in [0.3, 0.4) is 0 Å². The van der Waals surface area contributed by atoms with E-state index < -0.39 is 10.0 Å². The van der Waals surface area contributed by atoms with Crippen LogP contribution < -0.4 is 0 Å². The van der Waals surface area contributed by atoms with Crippen LogP contribution >= 0.6 is 11.3 Å². The van der Waals surface area contributed by atoms with E-state index in [0.29, 0.717) is 19.5 Å². The summed E-state index contributed by atoms with van der Waals surface area (Å²) in [6.07, 6.45) is 2.33. The van der Waals surface area contributed by atoms with E-state index in [0.717, 1.165) is 35.1 Å². The second-order valence-corrected chi connectivity index (χ2v) is 13.9. The van der Waals surface area contributed by atoms with E-state index in [1.54, 1.807) is 23.5 Å². The van der Waals surface area contributed by atoms with Crippen LogP contribution in [0.15, 0.2) is 64.9 Å². The second-order valence-electron chi connectivity index (χ2n) is 10.9. The number of unbranched alkanes of at least 4 members (excludes halogenated alkanes) is 1. The van der Waals surface area contributed by atoms with E-state index >= 15 is 0 Å². The maximum absolute atomic E-state index is 13.8. The topological polar surface area (TPSA) is 57.7 Å². The van der Waals surface area contributed by atoms with E-state index in [2.05, 4.69) is 56.5 Å². The van der Waals surface area contributed by atoms with Crippen LogP contribution in [0.4, 0.5) is 0 Å². The van der Waals surface area contributed by atoms with Gasteiger partial charge in [0, 0.05) is 18.0 Å². The van der Waals surface area contributed by atoms with E-state index in [1.807, 2.05) is 30.9 Å². The molecule has 0 spiro atoms. The highest BCUT2D eigenvalue weighted by molar-refractivity contribution is 7.89. The molecule has 1 atom stereocenters. The number of nitrogens with zero attached hydrogens (tertiary/aromatic N) is 2. The van der Waals surface area contributed by atoms with Crippen LogP contribution in [0.25, 0.3) is 0 Å². The molecule has 1 aromatic heterocycles. The number of benzene rings is 2. The summed E-state index contributed by atoms with van der Waals surface area (Å²) in [4.78, 5) is 17.2. The van der Waals surface area contributed by atoms with Gasteiger partial charge in [0.1, 0.15) is 0 Å². The van der Waals surface area contributed by atoms with Crippen molar-refractivity contribution in [1.29, 1.82) is 0 Å². The van der Waals surface area contributed by atoms with E-state index in [4.69, 9.17) is 0 Å². The number of thiophene rings is 1. The molecule has 0 fully saturated rings. The fourth-order valence-corrected chi connectivity index (χ4v) is 7.16. The maximum atomic E-state index is 13.8. The van der Waals surface area contributed by atoms with E-state index in [-0.39, 0.29) is 28.8 Å². The highest BCUT2D eigenvalue weighted by Crippen LogP contribution is 2.38. The molecule has 7 heteroatoms. The zero-order valence-electron chi connectivity index (χ0n) is 22.5. The Labute approximate surface area is 226 Å². The van der Waals surface area contributed by atoms with Gasteiger partial charge in [0.2, 0.25) is 15.9 Å². The third-order valence-electron chi connectivity index (χ3n) is 7.11. The van der Waals surface area contributed by atoms with Gasteiger partial charge in [-0.3, -0.25) is 4.79 Å². The highest BCUT2D eigenvalue weighted by atomic mass is 32.2. The first-order chi connectivity index (χ1) is 17.5. The summed E-state index contributed by atoms with van der Waals surface area (Å²) in [6.45, 7) is 11.1. The second kappa shape index (κ2) is 11.1. The van der Waals surface area contributed by atoms with Crippen molar-refractivity contribution in [2.45, 2.75) is 70.2 Å². The first-order valence-corrected chi connectivity index (χ1v) is 15.4. The monoisotopic (exact) mass is 538 g/mol. The Morgan fingerprint density at radius 2 is 1.73 bits per heavy atom. The Morgan fingerprint density at radius 1 is 1.05 bits per heavy atom. The molecule has 0 radical (unpaired) electrons. The van der Waals surface area contributed by atoms with Crippen LogP contribution in [-0.2, 0) is 26.7 Å². The van der Waals surface area contributed by atoms with Gasteiger partial charge in [-0.2, -0.15) is 4.31 Å². The summed E-state index contributed by atoms with van der Waals surface area (Å²) in [6, 6.07) is 17.3. The van der Waals surface area contributed by atoms with Crippen LogP contribution in [0.5, 0.6) is 0 Å². The summed E-state index contributed by atoms with van der Waals surface area (Å²) in [5.41, 5.74) is 4.37. The molecular weight excluding hydrogens is 500 g/mol. The standard InChI is InChI=1S/C30H38N2O3S2/c1-6-7-18-31(37(34,35)25-14-12-24(13-15-25)30(3,4)5)21-28(33)32-19-16-27-26(17-20-36-27)29(32)23-10-8-22(2)9-11-23/h8-15,17,20,29H,6-7,16,18-19,21H2,1-5H3. The van der Waals surface area contributed by atoms with Crippen LogP contribution in [0, 0.1) is 6.92 Å². The lowest BCUT2D eigenvalue weighted by molar-refractivity contribution is -0.133. The van der Waals surface area contributed by atoms with Crippen molar-refractivity contribution in [3.63, 3.8) is 0 Å². The average Bonchev–Trinajstić information content (AvgIpc) is 3.35. The first kappa shape index (κ1) is 27.6. The summed E-state index contributed by atoms with van der Waals surface area (Å²) in [5.74, 6) is -0.159. The molecule has 198 valence electrons. The molecule has 2 heterocycles. The number of hydrogen-bond donors (Lipinski definition) is 0. The number of hydrogen-bond acceptors (Lipinski definition) is 4. The Balaban J connectivity index is 1.63. The van der Waals surface area contributed by atoms with Crippen LogP contribution in [-0.4, -0.2) is 43.2 Å². The molecule has 0 aliphatic carbocycles. The minimum Gasteiger partial charge on any atom is -0.330 e.